The molecule has 0 spiro atoms. The summed E-state index contributed by atoms with van der Waals surface area (Å²) in [5.41, 5.74) is 1.08. The fourth-order valence-corrected chi connectivity index (χ4v) is 2.98. The van der Waals surface area contributed by atoms with Crippen LogP contribution in [0.1, 0.15) is 31.4 Å². The van der Waals surface area contributed by atoms with Crippen LogP contribution in [-0.2, 0) is 0 Å². The molecule has 0 radical (unpaired) electrons. The van der Waals surface area contributed by atoms with E-state index in [1.54, 1.807) is 12.1 Å². The van der Waals surface area contributed by atoms with Crippen molar-refractivity contribution in [3.05, 3.63) is 68.6 Å². The first-order valence-electron chi connectivity index (χ1n) is 7.85. The van der Waals surface area contributed by atoms with E-state index >= 15 is 0 Å². The van der Waals surface area contributed by atoms with Crippen LogP contribution in [0.25, 0.3) is 0 Å². The van der Waals surface area contributed by atoms with E-state index in [-0.39, 0.29) is 17.2 Å². The van der Waals surface area contributed by atoms with E-state index in [1.165, 1.54) is 6.08 Å². The fraction of sp³-hybridized carbons (Fsp3) is 0.263. The van der Waals surface area contributed by atoms with E-state index in [9.17, 15) is 0 Å². The number of rotatable bonds is 8. The first-order chi connectivity index (χ1) is 12.0. The Labute approximate surface area is 168 Å². The maximum absolute atomic E-state index is 6.35. The Morgan fingerprint density at radius 3 is 2.28 bits per heavy atom. The van der Waals surface area contributed by atoms with Gasteiger partial charge in [0.15, 0.2) is 5.75 Å². The molecule has 1 atom stereocenters. The lowest BCUT2D eigenvalue weighted by Gasteiger charge is -2.21. The lowest BCUT2D eigenvalue weighted by Crippen LogP contribution is -2.08. The monoisotopic (exact) mass is 418 g/mol. The second-order valence-corrected chi connectivity index (χ2v) is 7.15. The van der Waals surface area contributed by atoms with Crippen molar-refractivity contribution in [1.82, 2.24) is 0 Å². The van der Waals surface area contributed by atoms with Gasteiger partial charge in [-0.15, -0.1) is 0 Å². The summed E-state index contributed by atoms with van der Waals surface area (Å²) >= 11 is 23.8. The Hall–Kier alpha value is -1.06. The molecule has 0 amide bonds. The Kier molecular flexibility index (Phi) is 8.25. The Morgan fingerprint density at radius 1 is 1.08 bits per heavy atom. The summed E-state index contributed by atoms with van der Waals surface area (Å²) in [6.45, 7) is 2.33. The Morgan fingerprint density at radius 2 is 1.72 bits per heavy atom. The summed E-state index contributed by atoms with van der Waals surface area (Å²) in [4.78, 5) is 0. The first-order valence-corrected chi connectivity index (χ1v) is 9.37. The SMILES string of the molecule is CCCC(Oc1c(Cl)cc(OCC=C(Cl)Cl)cc1Cl)c1ccccc1. The molecule has 0 saturated heterocycles. The molecule has 2 aromatic carbocycles. The minimum Gasteiger partial charge on any atom is -0.489 e. The second kappa shape index (κ2) is 10.2. The molecule has 1 unspecified atom stereocenters. The van der Waals surface area contributed by atoms with E-state index in [0.717, 1.165) is 18.4 Å². The summed E-state index contributed by atoms with van der Waals surface area (Å²) < 4.78 is 11.8. The summed E-state index contributed by atoms with van der Waals surface area (Å²) in [5, 5.41) is 0.779. The van der Waals surface area contributed by atoms with Crippen molar-refractivity contribution in [2.75, 3.05) is 6.61 Å². The van der Waals surface area contributed by atoms with Gasteiger partial charge in [-0.05, 0) is 18.1 Å². The van der Waals surface area contributed by atoms with Crippen LogP contribution in [-0.4, -0.2) is 6.61 Å². The third kappa shape index (κ3) is 6.31. The highest BCUT2D eigenvalue weighted by Crippen LogP contribution is 2.40. The molecule has 0 N–H and O–H groups in total. The average Bonchev–Trinajstić information content (AvgIpc) is 2.57. The molecule has 2 aromatic rings. The van der Waals surface area contributed by atoms with Gasteiger partial charge in [-0.3, -0.25) is 0 Å². The predicted octanol–water partition coefficient (Wildman–Crippen LogP) is 7.61. The third-order valence-electron chi connectivity index (χ3n) is 3.44. The van der Waals surface area contributed by atoms with Crippen molar-refractivity contribution in [3.63, 3.8) is 0 Å². The van der Waals surface area contributed by atoms with Gasteiger partial charge in [0.2, 0.25) is 0 Å². The smallest absolute Gasteiger partial charge is 0.157 e. The van der Waals surface area contributed by atoms with Crippen LogP contribution >= 0.6 is 46.4 Å². The molecular weight excluding hydrogens is 402 g/mol. The highest BCUT2D eigenvalue weighted by Gasteiger charge is 2.17. The van der Waals surface area contributed by atoms with Gasteiger partial charge in [0.05, 0.1) is 10.0 Å². The highest BCUT2D eigenvalue weighted by atomic mass is 35.5. The zero-order chi connectivity index (χ0) is 18.2. The number of halogens is 4. The van der Waals surface area contributed by atoms with Gasteiger partial charge in [0.25, 0.3) is 0 Å². The average molecular weight is 420 g/mol. The van der Waals surface area contributed by atoms with E-state index in [1.807, 2.05) is 30.3 Å². The molecule has 0 aromatic heterocycles. The first kappa shape index (κ1) is 20.3. The van der Waals surface area contributed by atoms with Gasteiger partial charge in [-0.2, -0.15) is 0 Å². The minimum absolute atomic E-state index is 0.119. The van der Waals surface area contributed by atoms with Crippen molar-refractivity contribution in [3.8, 4) is 11.5 Å². The molecule has 2 nitrogen and oxygen atoms in total. The molecule has 0 heterocycles. The second-order valence-electron chi connectivity index (χ2n) is 5.33. The van der Waals surface area contributed by atoms with Crippen molar-refractivity contribution < 1.29 is 9.47 Å². The lowest BCUT2D eigenvalue weighted by molar-refractivity contribution is 0.194. The molecule has 0 aliphatic carbocycles. The molecule has 0 aliphatic heterocycles. The standard InChI is InChI=1S/C19H18Cl4O2/c1-2-6-17(13-7-4-3-5-8-13)25-19-15(20)11-14(12-16(19)21)24-10-9-18(22)23/h3-5,7-9,11-12,17H,2,6,10H2,1H3. The largest absolute Gasteiger partial charge is 0.489 e. The molecular formula is C19H18Cl4O2. The van der Waals surface area contributed by atoms with Crippen molar-refractivity contribution in [2.45, 2.75) is 25.9 Å². The number of benzene rings is 2. The van der Waals surface area contributed by atoms with Crippen LogP contribution in [0.2, 0.25) is 10.0 Å². The Balaban J connectivity index is 2.19. The van der Waals surface area contributed by atoms with Crippen LogP contribution < -0.4 is 9.47 Å². The fourth-order valence-electron chi connectivity index (χ4n) is 2.30. The van der Waals surface area contributed by atoms with E-state index < -0.39 is 0 Å². The van der Waals surface area contributed by atoms with Gasteiger partial charge >= 0.3 is 0 Å². The van der Waals surface area contributed by atoms with Crippen LogP contribution in [0.15, 0.2) is 53.0 Å². The van der Waals surface area contributed by atoms with Crippen LogP contribution in [0.4, 0.5) is 0 Å². The number of hydrogen-bond acceptors (Lipinski definition) is 2. The molecule has 0 bridgehead atoms. The maximum atomic E-state index is 6.35. The molecule has 2 rings (SSSR count). The molecule has 25 heavy (non-hydrogen) atoms. The van der Waals surface area contributed by atoms with Gasteiger partial charge in [-0.25, -0.2) is 0 Å². The lowest BCUT2D eigenvalue weighted by atomic mass is 10.1. The molecule has 134 valence electrons. The van der Waals surface area contributed by atoms with E-state index in [0.29, 0.717) is 21.5 Å². The number of hydrogen-bond donors (Lipinski definition) is 0. The highest BCUT2D eigenvalue weighted by molar-refractivity contribution is 6.55. The topological polar surface area (TPSA) is 18.5 Å². The zero-order valence-electron chi connectivity index (χ0n) is 13.6. The van der Waals surface area contributed by atoms with Gasteiger partial charge in [-0.1, -0.05) is 90.1 Å². The Bertz CT molecular complexity index is 690. The summed E-state index contributed by atoms with van der Waals surface area (Å²) in [5.74, 6) is 0.962. The van der Waals surface area contributed by atoms with E-state index in [4.69, 9.17) is 55.9 Å². The number of ether oxygens (including phenoxy) is 2. The van der Waals surface area contributed by atoms with Crippen LogP contribution in [0.3, 0.4) is 0 Å². The van der Waals surface area contributed by atoms with Crippen LogP contribution in [0.5, 0.6) is 11.5 Å². The quantitative estimate of drug-likeness (QED) is 0.438. The third-order valence-corrected chi connectivity index (χ3v) is 4.31. The van der Waals surface area contributed by atoms with Crippen molar-refractivity contribution in [2.24, 2.45) is 0 Å². The van der Waals surface area contributed by atoms with E-state index in [2.05, 4.69) is 6.92 Å². The van der Waals surface area contributed by atoms with Gasteiger partial charge < -0.3 is 9.47 Å². The van der Waals surface area contributed by atoms with Crippen LogP contribution in [0, 0.1) is 0 Å². The molecule has 6 heteroatoms. The molecule has 0 saturated carbocycles. The normalized spacial score (nSPS) is 11.7. The van der Waals surface area contributed by atoms with Gasteiger partial charge in [0, 0.05) is 12.1 Å². The summed E-state index contributed by atoms with van der Waals surface area (Å²) in [7, 11) is 0. The molecule has 0 fully saturated rings. The predicted molar refractivity (Wildman–Crippen MR) is 106 cm³/mol. The minimum atomic E-state index is -0.119. The van der Waals surface area contributed by atoms with Crippen molar-refractivity contribution >= 4 is 46.4 Å². The summed E-state index contributed by atoms with van der Waals surface area (Å²) in [6.07, 6.45) is 3.24. The van der Waals surface area contributed by atoms with Crippen molar-refractivity contribution in [1.29, 1.82) is 0 Å². The van der Waals surface area contributed by atoms with Gasteiger partial charge in [0.1, 0.15) is 23.0 Å². The zero-order valence-corrected chi connectivity index (χ0v) is 16.7. The maximum Gasteiger partial charge on any atom is 0.157 e. The summed E-state index contributed by atoms with van der Waals surface area (Å²) in [6, 6.07) is 13.3. The molecule has 0 aliphatic rings.